The Labute approximate surface area is 78.1 Å². The van der Waals surface area contributed by atoms with Gasteiger partial charge in [-0.3, -0.25) is 4.79 Å². The molecular weight excluding hydrogens is 160 g/mol. The maximum Gasteiger partial charge on any atom is 0.189 e. The van der Waals surface area contributed by atoms with Crippen molar-refractivity contribution in [3.8, 4) is 0 Å². The second kappa shape index (κ2) is 2.84. The third-order valence-electron chi connectivity index (χ3n) is 2.71. The molecule has 1 nitrogen and oxygen atoms in total. The summed E-state index contributed by atoms with van der Waals surface area (Å²) in [6.07, 6.45) is 1.92. The van der Waals surface area contributed by atoms with E-state index in [0.29, 0.717) is 0 Å². The van der Waals surface area contributed by atoms with Gasteiger partial charge in [0.25, 0.3) is 0 Å². The van der Waals surface area contributed by atoms with Gasteiger partial charge in [0.05, 0.1) is 0 Å². The summed E-state index contributed by atoms with van der Waals surface area (Å²) in [5.74, 6) is 0.472. The van der Waals surface area contributed by atoms with Gasteiger partial charge >= 0.3 is 0 Å². The van der Waals surface area contributed by atoms with Gasteiger partial charge in [0, 0.05) is 17.1 Å². The lowest BCUT2D eigenvalue weighted by atomic mass is 10.0. The Morgan fingerprint density at radius 1 is 1.31 bits per heavy atom. The second-order valence-corrected chi connectivity index (χ2v) is 3.38. The zero-order chi connectivity index (χ0) is 9.42. The molecule has 1 aliphatic carbocycles. The molecule has 2 rings (SSSR count). The van der Waals surface area contributed by atoms with Crippen LogP contribution in [0.5, 0.6) is 0 Å². The van der Waals surface area contributed by atoms with Crippen molar-refractivity contribution in [2.75, 3.05) is 0 Å². The molecule has 0 heterocycles. The van der Waals surface area contributed by atoms with Gasteiger partial charge in [-0.25, -0.2) is 0 Å². The predicted octanol–water partition coefficient (Wildman–Crippen LogP) is 2.93. The van der Waals surface area contributed by atoms with E-state index in [1.54, 1.807) is 0 Å². The quantitative estimate of drug-likeness (QED) is 0.550. The number of hydrogen-bond donors (Lipinski definition) is 0. The molecule has 0 saturated heterocycles. The van der Waals surface area contributed by atoms with E-state index in [1.165, 1.54) is 5.56 Å². The van der Waals surface area contributed by atoms with Gasteiger partial charge < -0.3 is 0 Å². The number of allylic oxidation sites excluding steroid dienone is 2. The van der Waals surface area contributed by atoms with Crippen LogP contribution in [0.25, 0.3) is 0 Å². The van der Waals surface area contributed by atoms with Crippen LogP contribution in [0, 0.1) is 0 Å². The fourth-order valence-electron chi connectivity index (χ4n) is 1.98. The van der Waals surface area contributed by atoms with Gasteiger partial charge in [-0.15, -0.1) is 0 Å². The number of ketones is 1. The van der Waals surface area contributed by atoms with Crippen molar-refractivity contribution in [3.63, 3.8) is 0 Å². The molecule has 0 spiro atoms. The Morgan fingerprint density at radius 2 is 2.00 bits per heavy atom. The van der Waals surface area contributed by atoms with Crippen LogP contribution in [0.15, 0.2) is 35.9 Å². The van der Waals surface area contributed by atoms with Crippen LogP contribution in [0.1, 0.15) is 35.7 Å². The number of benzene rings is 1. The molecule has 0 N–H and O–H groups in total. The highest BCUT2D eigenvalue weighted by molar-refractivity contribution is 6.14. The Morgan fingerprint density at radius 3 is 2.62 bits per heavy atom. The molecule has 1 unspecified atom stereocenters. The molecule has 0 aliphatic heterocycles. The number of rotatable bonds is 0. The monoisotopic (exact) mass is 172 g/mol. The first kappa shape index (κ1) is 8.24. The van der Waals surface area contributed by atoms with Crippen LogP contribution >= 0.6 is 0 Å². The molecule has 13 heavy (non-hydrogen) atoms. The Balaban J connectivity index is 2.64. The molecule has 0 saturated carbocycles. The van der Waals surface area contributed by atoms with Crippen LogP contribution in [0.2, 0.25) is 0 Å². The van der Waals surface area contributed by atoms with E-state index in [0.717, 1.165) is 11.1 Å². The largest absolute Gasteiger partial charge is 0.289 e. The summed E-state index contributed by atoms with van der Waals surface area (Å²) >= 11 is 0. The summed E-state index contributed by atoms with van der Waals surface area (Å²) in [7, 11) is 0. The van der Waals surface area contributed by atoms with Crippen LogP contribution in [-0.4, -0.2) is 5.78 Å². The highest BCUT2D eigenvalue weighted by Crippen LogP contribution is 2.36. The fraction of sp³-hybridized carbons (Fsp3) is 0.250. The average Bonchev–Trinajstić information content (AvgIpc) is 2.41. The molecule has 1 aliphatic rings. The molecule has 0 radical (unpaired) electrons. The van der Waals surface area contributed by atoms with Gasteiger partial charge in [0.2, 0.25) is 0 Å². The Kier molecular flexibility index (Phi) is 1.80. The van der Waals surface area contributed by atoms with Crippen molar-refractivity contribution in [1.29, 1.82) is 0 Å². The van der Waals surface area contributed by atoms with Gasteiger partial charge in [0.1, 0.15) is 0 Å². The zero-order valence-corrected chi connectivity index (χ0v) is 7.87. The lowest BCUT2D eigenvalue weighted by molar-refractivity contribution is 0.103. The minimum atomic E-state index is 0.200. The molecular formula is C12H12O. The van der Waals surface area contributed by atoms with E-state index >= 15 is 0 Å². The number of carbonyl (C=O) groups excluding carboxylic acids is 1. The van der Waals surface area contributed by atoms with Gasteiger partial charge in [-0.2, -0.15) is 0 Å². The highest BCUT2D eigenvalue weighted by Gasteiger charge is 2.29. The summed E-state index contributed by atoms with van der Waals surface area (Å²) in [6, 6.07) is 7.85. The van der Waals surface area contributed by atoms with Crippen molar-refractivity contribution < 1.29 is 4.79 Å². The van der Waals surface area contributed by atoms with Crippen molar-refractivity contribution in [1.82, 2.24) is 0 Å². The molecule has 0 amide bonds. The maximum absolute atomic E-state index is 11.8. The lowest BCUT2D eigenvalue weighted by Gasteiger charge is -2.02. The van der Waals surface area contributed by atoms with Gasteiger partial charge in [-0.1, -0.05) is 37.3 Å². The minimum absolute atomic E-state index is 0.200. The first-order chi connectivity index (χ1) is 6.25. The van der Waals surface area contributed by atoms with E-state index in [1.807, 2.05) is 37.3 Å². The predicted molar refractivity (Wildman–Crippen MR) is 52.9 cm³/mol. The van der Waals surface area contributed by atoms with Crippen molar-refractivity contribution in [2.45, 2.75) is 19.8 Å². The number of carbonyl (C=O) groups is 1. The standard InChI is InChI=1S/C12H12O/c1-3-9-8(2)10-6-4-5-7-11(10)12(9)13/h3-8H,1-2H3/b9-3-. The molecule has 66 valence electrons. The smallest absolute Gasteiger partial charge is 0.189 e. The van der Waals surface area contributed by atoms with Crippen molar-refractivity contribution in [2.24, 2.45) is 0 Å². The average molecular weight is 172 g/mol. The van der Waals surface area contributed by atoms with Crippen molar-refractivity contribution in [3.05, 3.63) is 47.0 Å². The lowest BCUT2D eigenvalue weighted by Crippen LogP contribution is -1.96. The normalized spacial score (nSPS) is 23.7. The number of fused-ring (bicyclic) bond motifs is 1. The molecule has 0 aromatic heterocycles. The SMILES string of the molecule is C/C=C1\C(=O)c2ccccc2C1C. The summed E-state index contributed by atoms with van der Waals surface area (Å²) in [4.78, 5) is 11.8. The number of hydrogen-bond acceptors (Lipinski definition) is 1. The van der Waals surface area contributed by atoms with Crippen LogP contribution in [0.3, 0.4) is 0 Å². The summed E-state index contributed by atoms with van der Waals surface area (Å²) in [5, 5.41) is 0. The first-order valence-corrected chi connectivity index (χ1v) is 4.55. The number of Topliss-reactive ketones (excluding diaryl/α,β-unsaturated/α-hetero) is 1. The van der Waals surface area contributed by atoms with Gasteiger partial charge in [-0.05, 0) is 12.5 Å². The van der Waals surface area contributed by atoms with E-state index in [9.17, 15) is 4.79 Å². The van der Waals surface area contributed by atoms with E-state index in [2.05, 4.69) is 6.92 Å². The Bertz CT molecular complexity index is 388. The molecule has 0 fully saturated rings. The highest BCUT2D eigenvalue weighted by atomic mass is 16.1. The maximum atomic E-state index is 11.8. The zero-order valence-electron chi connectivity index (χ0n) is 7.87. The summed E-state index contributed by atoms with van der Waals surface area (Å²) in [6.45, 7) is 4.01. The van der Waals surface area contributed by atoms with Crippen molar-refractivity contribution >= 4 is 5.78 Å². The third-order valence-corrected chi connectivity index (χ3v) is 2.71. The molecule has 0 bridgehead atoms. The second-order valence-electron chi connectivity index (χ2n) is 3.38. The molecule has 1 atom stereocenters. The summed E-state index contributed by atoms with van der Waals surface area (Å²) < 4.78 is 0. The molecule has 1 aromatic rings. The van der Waals surface area contributed by atoms with Crippen LogP contribution in [0.4, 0.5) is 0 Å². The Hall–Kier alpha value is -1.37. The molecule has 1 aromatic carbocycles. The van der Waals surface area contributed by atoms with Gasteiger partial charge in [0.15, 0.2) is 5.78 Å². The summed E-state index contributed by atoms with van der Waals surface area (Å²) in [5.41, 5.74) is 2.98. The molecule has 1 heteroatoms. The third kappa shape index (κ3) is 1.04. The minimum Gasteiger partial charge on any atom is -0.289 e. The van der Waals surface area contributed by atoms with Crippen LogP contribution in [-0.2, 0) is 0 Å². The first-order valence-electron chi connectivity index (χ1n) is 4.55. The van der Waals surface area contributed by atoms with E-state index < -0.39 is 0 Å². The van der Waals surface area contributed by atoms with E-state index in [-0.39, 0.29) is 11.7 Å². The fourth-order valence-corrected chi connectivity index (χ4v) is 1.98. The van der Waals surface area contributed by atoms with Crippen LogP contribution < -0.4 is 0 Å². The topological polar surface area (TPSA) is 17.1 Å². The van der Waals surface area contributed by atoms with E-state index in [4.69, 9.17) is 0 Å².